The second kappa shape index (κ2) is 6.54. The van der Waals surface area contributed by atoms with E-state index in [0.29, 0.717) is 18.0 Å². The fraction of sp³-hybridized carbons (Fsp3) is 0.444. The highest BCUT2D eigenvalue weighted by atomic mass is 16.2. The van der Waals surface area contributed by atoms with Crippen molar-refractivity contribution in [3.05, 3.63) is 68.5 Å². The minimum atomic E-state index is -0.294. The van der Waals surface area contributed by atoms with Crippen LogP contribution in [0.3, 0.4) is 0 Å². The van der Waals surface area contributed by atoms with Crippen molar-refractivity contribution < 1.29 is 0 Å². The van der Waals surface area contributed by atoms with Crippen LogP contribution in [0.5, 0.6) is 0 Å². The van der Waals surface area contributed by atoms with Gasteiger partial charge in [-0.15, -0.1) is 0 Å². The first-order chi connectivity index (χ1) is 11.1. The Morgan fingerprint density at radius 3 is 2.48 bits per heavy atom. The van der Waals surface area contributed by atoms with Gasteiger partial charge in [-0.25, -0.2) is 4.79 Å². The van der Waals surface area contributed by atoms with E-state index in [-0.39, 0.29) is 17.3 Å². The Labute approximate surface area is 135 Å². The van der Waals surface area contributed by atoms with Crippen LogP contribution in [0.1, 0.15) is 36.4 Å². The molecule has 0 amide bonds. The Kier molecular flexibility index (Phi) is 4.48. The lowest BCUT2D eigenvalue weighted by Gasteiger charge is -2.35. The number of hydrogen-bond donors (Lipinski definition) is 1. The number of benzene rings is 1. The zero-order chi connectivity index (χ0) is 16.4. The number of nitrogens with one attached hydrogen (secondary N) is 1. The number of hydrogen-bond acceptors (Lipinski definition) is 3. The highest BCUT2D eigenvalue weighted by Gasteiger charge is 2.28. The smallest absolute Gasteiger partial charge is 0.305 e. The van der Waals surface area contributed by atoms with Crippen LogP contribution in [-0.2, 0) is 20.6 Å². The molecule has 0 bridgehead atoms. The first kappa shape index (κ1) is 15.7. The van der Waals surface area contributed by atoms with E-state index in [1.807, 2.05) is 18.2 Å². The maximum atomic E-state index is 12.3. The van der Waals surface area contributed by atoms with Crippen molar-refractivity contribution in [2.75, 3.05) is 0 Å². The molecule has 122 valence electrons. The topological polar surface area (TPSA) is 56.0 Å². The average molecular weight is 313 g/mol. The first-order valence-electron chi connectivity index (χ1n) is 8.12. The lowest BCUT2D eigenvalue weighted by molar-refractivity contribution is 0.229. The summed E-state index contributed by atoms with van der Waals surface area (Å²) < 4.78 is 2.62. The number of rotatable bonds is 5. The van der Waals surface area contributed by atoms with Gasteiger partial charge in [0.15, 0.2) is 0 Å². The molecule has 1 aromatic carbocycles. The highest BCUT2D eigenvalue weighted by molar-refractivity contribution is 5.21. The van der Waals surface area contributed by atoms with Gasteiger partial charge in [0.1, 0.15) is 0 Å². The van der Waals surface area contributed by atoms with Crippen LogP contribution in [0.15, 0.2) is 46.1 Å². The van der Waals surface area contributed by atoms with Gasteiger partial charge in [-0.05, 0) is 24.3 Å². The van der Waals surface area contributed by atoms with Crippen molar-refractivity contribution in [2.45, 2.75) is 31.8 Å². The monoisotopic (exact) mass is 313 g/mol. The summed E-state index contributed by atoms with van der Waals surface area (Å²) in [6.45, 7) is 0.469. The Morgan fingerprint density at radius 1 is 1.17 bits per heavy atom. The number of aryl methyl sites for hydroxylation is 1. The number of nitrogens with zero attached hydrogens (tertiary/aromatic N) is 2. The van der Waals surface area contributed by atoms with E-state index < -0.39 is 0 Å². The Bertz CT molecular complexity index is 788. The molecule has 1 aliphatic carbocycles. The van der Waals surface area contributed by atoms with E-state index >= 15 is 0 Å². The van der Waals surface area contributed by atoms with Crippen molar-refractivity contribution in [3.63, 3.8) is 0 Å². The van der Waals surface area contributed by atoms with Gasteiger partial charge in [-0.2, -0.15) is 0 Å². The van der Waals surface area contributed by atoms with E-state index in [9.17, 15) is 9.59 Å². The lowest BCUT2D eigenvalue weighted by atomic mass is 9.77. The summed E-state index contributed by atoms with van der Waals surface area (Å²) in [5, 5.41) is 3.54. The summed E-state index contributed by atoms with van der Waals surface area (Å²) in [5.74, 6) is 0.619. The molecule has 0 unspecified atom stereocenters. The third-order valence-corrected chi connectivity index (χ3v) is 4.81. The minimum Gasteiger partial charge on any atom is -0.305 e. The van der Waals surface area contributed by atoms with Crippen molar-refractivity contribution in [2.24, 2.45) is 20.0 Å². The second-order valence-electron chi connectivity index (χ2n) is 6.37. The van der Waals surface area contributed by atoms with Gasteiger partial charge in [0.2, 0.25) is 0 Å². The molecule has 1 saturated carbocycles. The van der Waals surface area contributed by atoms with Crippen LogP contribution in [0.2, 0.25) is 0 Å². The molecule has 1 aromatic heterocycles. The summed E-state index contributed by atoms with van der Waals surface area (Å²) in [6.07, 6.45) is 5.35. The molecular formula is C18H23N3O2. The lowest BCUT2D eigenvalue weighted by Crippen LogP contribution is -2.40. The summed E-state index contributed by atoms with van der Waals surface area (Å²) in [4.78, 5) is 24.0. The van der Waals surface area contributed by atoms with Crippen LogP contribution in [-0.4, -0.2) is 9.13 Å². The van der Waals surface area contributed by atoms with Crippen LogP contribution < -0.4 is 16.6 Å². The standard InChI is InChI=1S/C18H23N3O2/c1-20-12-15(17(22)21(2)18(20)23)11-19-16(14-9-6-10-14)13-7-4-3-5-8-13/h3-5,7-8,12,14,16,19H,6,9-11H2,1-2H3/t16-/m1/s1. The van der Waals surface area contributed by atoms with Gasteiger partial charge in [0.25, 0.3) is 5.56 Å². The molecule has 1 heterocycles. The van der Waals surface area contributed by atoms with Crippen LogP contribution in [0, 0.1) is 5.92 Å². The summed E-state index contributed by atoms with van der Waals surface area (Å²) in [5.41, 5.74) is 1.37. The maximum Gasteiger partial charge on any atom is 0.330 e. The van der Waals surface area contributed by atoms with Gasteiger partial charge < -0.3 is 9.88 Å². The quantitative estimate of drug-likeness (QED) is 0.914. The van der Waals surface area contributed by atoms with E-state index in [0.717, 1.165) is 4.57 Å². The molecule has 0 aliphatic heterocycles. The van der Waals surface area contributed by atoms with Gasteiger partial charge in [0, 0.05) is 38.4 Å². The average Bonchev–Trinajstić information content (AvgIpc) is 2.52. The molecule has 5 heteroatoms. The number of aromatic nitrogens is 2. The Balaban J connectivity index is 1.83. The largest absolute Gasteiger partial charge is 0.330 e. The van der Waals surface area contributed by atoms with Gasteiger partial charge in [0.05, 0.1) is 0 Å². The fourth-order valence-electron chi connectivity index (χ4n) is 3.21. The Hall–Kier alpha value is -2.14. The summed E-state index contributed by atoms with van der Waals surface area (Å²) in [6, 6.07) is 10.6. The third kappa shape index (κ3) is 3.15. The van der Waals surface area contributed by atoms with Crippen LogP contribution >= 0.6 is 0 Å². The minimum absolute atomic E-state index is 0.221. The molecular weight excluding hydrogens is 290 g/mol. The van der Waals surface area contributed by atoms with E-state index in [2.05, 4.69) is 17.4 Å². The molecule has 1 N–H and O–H groups in total. The van der Waals surface area contributed by atoms with Crippen LogP contribution in [0.4, 0.5) is 0 Å². The van der Waals surface area contributed by atoms with E-state index in [1.54, 1.807) is 13.2 Å². The molecule has 1 atom stereocenters. The van der Waals surface area contributed by atoms with E-state index in [4.69, 9.17) is 0 Å². The predicted molar refractivity (Wildman–Crippen MR) is 90.3 cm³/mol. The van der Waals surface area contributed by atoms with Crippen molar-refractivity contribution in [1.29, 1.82) is 0 Å². The zero-order valence-electron chi connectivity index (χ0n) is 13.7. The molecule has 0 radical (unpaired) electrons. The van der Waals surface area contributed by atoms with E-state index in [1.165, 1.54) is 36.4 Å². The molecule has 1 fully saturated rings. The molecule has 1 aliphatic rings. The van der Waals surface area contributed by atoms with Crippen molar-refractivity contribution in [1.82, 2.24) is 14.5 Å². The zero-order valence-corrected chi connectivity index (χ0v) is 13.7. The van der Waals surface area contributed by atoms with Crippen molar-refractivity contribution in [3.8, 4) is 0 Å². The molecule has 5 nitrogen and oxygen atoms in total. The van der Waals surface area contributed by atoms with Gasteiger partial charge >= 0.3 is 5.69 Å². The van der Waals surface area contributed by atoms with Gasteiger partial charge in [-0.3, -0.25) is 9.36 Å². The molecule has 23 heavy (non-hydrogen) atoms. The normalized spacial score (nSPS) is 16.1. The summed E-state index contributed by atoms with van der Waals surface area (Å²) in [7, 11) is 3.20. The van der Waals surface area contributed by atoms with Gasteiger partial charge in [-0.1, -0.05) is 36.8 Å². The first-order valence-corrected chi connectivity index (χ1v) is 8.12. The molecule has 0 spiro atoms. The summed E-state index contributed by atoms with van der Waals surface area (Å²) >= 11 is 0. The molecule has 3 rings (SSSR count). The van der Waals surface area contributed by atoms with Crippen LogP contribution in [0.25, 0.3) is 0 Å². The molecule has 2 aromatic rings. The SMILES string of the molecule is Cn1cc(CN[C@H](c2ccccc2)C2CCC2)c(=O)n(C)c1=O. The second-order valence-corrected chi connectivity index (χ2v) is 6.37. The molecule has 0 saturated heterocycles. The fourth-order valence-corrected chi connectivity index (χ4v) is 3.21. The Morgan fingerprint density at radius 2 is 1.87 bits per heavy atom. The van der Waals surface area contributed by atoms with Crippen molar-refractivity contribution >= 4 is 0 Å². The third-order valence-electron chi connectivity index (χ3n) is 4.81. The predicted octanol–water partition coefficient (Wildman–Crippen LogP) is 1.72. The highest BCUT2D eigenvalue weighted by Crippen LogP contribution is 2.37. The maximum absolute atomic E-state index is 12.3.